The van der Waals surface area contributed by atoms with Gasteiger partial charge in [0.25, 0.3) is 0 Å². The zero-order valence-electron chi connectivity index (χ0n) is 12.6. The van der Waals surface area contributed by atoms with E-state index in [9.17, 15) is 9.59 Å². The molecule has 2 aromatic heterocycles. The Hall–Kier alpha value is -2.50. The van der Waals surface area contributed by atoms with Gasteiger partial charge in [0.1, 0.15) is 23.6 Å². The summed E-state index contributed by atoms with van der Waals surface area (Å²) in [5.74, 6) is 1.21. The van der Waals surface area contributed by atoms with Crippen LogP contribution in [0, 0.1) is 0 Å². The average Bonchev–Trinajstić information content (AvgIpc) is 3.19. The van der Waals surface area contributed by atoms with E-state index in [2.05, 4.69) is 0 Å². The fourth-order valence-electron chi connectivity index (χ4n) is 2.80. The lowest BCUT2D eigenvalue weighted by Gasteiger charge is -2.41. The van der Waals surface area contributed by atoms with Gasteiger partial charge < -0.3 is 18.6 Å². The zero-order chi connectivity index (χ0) is 15.7. The van der Waals surface area contributed by atoms with Crippen molar-refractivity contribution in [1.29, 1.82) is 0 Å². The van der Waals surface area contributed by atoms with Gasteiger partial charge in [-0.15, -0.1) is 0 Å². The second-order valence-corrected chi connectivity index (χ2v) is 5.50. The van der Waals surface area contributed by atoms with Gasteiger partial charge in [0.15, 0.2) is 0 Å². The number of nitrogens with zero attached hydrogens (tertiary/aromatic N) is 2. The van der Waals surface area contributed by atoms with E-state index < -0.39 is 12.1 Å². The predicted octanol–water partition coefficient (Wildman–Crippen LogP) is 1.33. The Balaban J connectivity index is 1.78. The van der Waals surface area contributed by atoms with Crippen molar-refractivity contribution < 1.29 is 18.4 Å². The molecule has 0 N–H and O–H groups in total. The first-order valence-corrected chi connectivity index (χ1v) is 7.16. The lowest BCUT2D eigenvalue weighted by atomic mass is 9.99. The molecule has 0 aliphatic carbocycles. The number of hydrogen-bond donors (Lipinski definition) is 0. The lowest BCUT2D eigenvalue weighted by Crippen LogP contribution is -2.63. The first-order valence-electron chi connectivity index (χ1n) is 7.16. The smallest absolute Gasteiger partial charge is 0.246 e. The van der Waals surface area contributed by atoms with Crippen molar-refractivity contribution in [2.24, 2.45) is 0 Å². The highest BCUT2D eigenvalue weighted by atomic mass is 16.3. The monoisotopic (exact) mass is 302 g/mol. The van der Waals surface area contributed by atoms with E-state index in [0.29, 0.717) is 24.4 Å². The van der Waals surface area contributed by atoms with E-state index in [1.165, 1.54) is 9.80 Å². The summed E-state index contributed by atoms with van der Waals surface area (Å²) in [4.78, 5) is 28.2. The largest absolute Gasteiger partial charge is 0.469 e. The Kier molecular flexibility index (Phi) is 3.75. The van der Waals surface area contributed by atoms with Crippen LogP contribution in [0.25, 0.3) is 0 Å². The maximum atomic E-state index is 12.6. The summed E-state index contributed by atoms with van der Waals surface area (Å²) in [7, 11) is 3.33. The quantitative estimate of drug-likeness (QED) is 0.854. The minimum Gasteiger partial charge on any atom is -0.469 e. The second kappa shape index (κ2) is 5.71. The van der Waals surface area contributed by atoms with Gasteiger partial charge in [0.05, 0.1) is 12.5 Å². The van der Waals surface area contributed by atoms with Gasteiger partial charge in [0, 0.05) is 26.9 Å². The van der Waals surface area contributed by atoms with Crippen molar-refractivity contribution in [3.63, 3.8) is 0 Å². The highest BCUT2D eigenvalue weighted by molar-refractivity contribution is 5.96. The number of carbonyl (C=O) groups is 2. The Bertz CT molecular complexity index is 590. The minimum absolute atomic E-state index is 0.0879. The van der Waals surface area contributed by atoms with Crippen molar-refractivity contribution >= 4 is 11.8 Å². The minimum atomic E-state index is -0.531. The Labute approximate surface area is 128 Å². The van der Waals surface area contributed by atoms with Gasteiger partial charge in [-0.25, -0.2) is 0 Å². The molecule has 0 saturated carbocycles. The van der Waals surface area contributed by atoms with Crippen LogP contribution in [-0.4, -0.2) is 47.8 Å². The number of furan rings is 2. The summed E-state index contributed by atoms with van der Waals surface area (Å²) < 4.78 is 10.6. The molecule has 3 heterocycles. The van der Waals surface area contributed by atoms with E-state index in [1.54, 1.807) is 50.9 Å². The van der Waals surface area contributed by atoms with Gasteiger partial charge in [-0.2, -0.15) is 0 Å². The Morgan fingerprint density at radius 2 is 1.27 bits per heavy atom. The van der Waals surface area contributed by atoms with E-state index in [4.69, 9.17) is 8.83 Å². The molecule has 0 aromatic carbocycles. The molecule has 116 valence electrons. The Morgan fingerprint density at radius 3 is 1.59 bits per heavy atom. The molecule has 0 bridgehead atoms. The molecule has 0 radical (unpaired) electrons. The van der Waals surface area contributed by atoms with Crippen LogP contribution in [0.15, 0.2) is 45.6 Å². The molecule has 2 aromatic rings. The third-order valence-electron chi connectivity index (χ3n) is 4.15. The molecule has 2 amide bonds. The van der Waals surface area contributed by atoms with Crippen LogP contribution < -0.4 is 0 Å². The predicted molar refractivity (Wildman–Crippen MR) is 77.9 cm³/mol. The van der Waals surface area contributed by atoms with Crippen molar-refractivity contribution in [2.75, 3.05) is 14.1 Å². The summed E-state index contributed by atoms with van der Waals surface area (Å²) in [6, 6.07) is 6.09. The van der Waals surface area contributed by atoms with Crippen LogP contribution in [0.5, 0.6) is 0 Å². The van der Waals surface area contributed by atoms with Gasteiger partial charge in [-0.05, 0) is 24.3 Å². The van der Waals surface area contributed by atoms with Crippen LogP contribution >= 0.6 is 0 Å². The number of rotatable bonds is 4. The zero-order valence-corrected chi connectivity index (χ0v) is 12.6. The van der Waals surface area contributed by atoms with Crippen molar-refractivity contribution in [3.05, 3.63) is 48.3 Å². The normalized spacial score (nSPS) is 22.5. The molecule has 0 spiro atoms. The van der Waals surface area contributed by atoms with E-state index >= 15 is 0 Å². The maximum Gasteiger partial charge on any atom is 0.246 e. The van der Waals surface area contributed by atoms with Gasteiger partial charge in [-0.3, -0.25) is 9.59 Å². The van der Waals surface area contributed by atoms with E-state index in [0.717, 1.165) is 0 Å². The van der Waals surface area contributed by atoms with Gasteiger partial charge in [0.2, 0.25) is 11.8 Å². The third kappa shape index (κ3) is 2.52. The standard InChI is InChI=1S/C16H18N2O4/c1-17-13(9-11-5-3-7-21-11)16(20)18(2)14(15(17)19)10-12-6-4-8-22-12/h3-8,13-14H,9-10H2,1-2H3/t13-,14-/m0/s1. The molecule has 1 saturated heterocycles. The first kappa shape index (κ1) is 14.4. The number of hydrogen-bond acceptors (Lipinski definition) is 4. The van der Waals surface area contributed by atoms with Crippen molar-refractivity contribution in [2.45, 2.75) is 24.9 Å². The fourth-order valence-corrected chi connectivity index (χ4v) is 2.80. The van der Waals surface area contributed by atoms with Crippen LogP contribution in [0.1, 0.15) is 11.5 Å². The maximum absolute atomic E-state index is 12.6. The average molecular weight is 302 g/mol. The number of likely N-dealkylation sites (N-methyl/N-ethyl adjacent to an activating group) is 2. The highest BCUT2D eigenvalue weighted by Crippen LogP contribution is 2.21. The van der Waals surface area contributed by atoms with Gasteiger partial charge in [-0.1, -0.05) is 0 Å². The molecule has 22 heavy (non-hydrogen) atoms. The third-order valence-corrected chi connectivity index (χ3v) is 4.15. The second-order valence-electron chi connectivity index (χ2n) is 5.50. The molecule has 1 aliphatic rings. The molecular weight excluding hydrogens is 284 g/mol. The molecular formula is C16H18N2O4. The summed E-state index contributed by atoms with van der Waals surface area (Å²) >= 11 is 0. The van der Waals surface area contributed by atoms with Crippen LogP contribution in [0.2, 0.25) is 0 Å². The van der Waals surface area contributed by atoms with E-state index in [1.807, 2.05) is 0 Å². The van der Waals surface area contributed by atoms with Crippen LogP contribution in [-0.2, 0) is 22.4 Å². The van der Waals surface area contributed by atoms with Crippen LogP contribution in [0.3, 0.4) is 0 Å². The number of amides is 2. The Morgan fingerprint density at radius 1 is 0.864 bits per heavy atom. The summed E-state index contributed by atoms with van der Waals surface area (Å²) in [6.45, 7) is 0. The SMILES string of the molecule is CN1C(=O)[C@H](Cc2ccco2)N(C)C(=O)[C@@H]1Cc1ccco1. The fraction of sp³-hybridized carbons (Fsp3) is 0.375. The molecule has 6 nitrogen and oxygen atoms in total. The summed E-state index contributed by atoms with van der Waals surface area (Å²) in [5.41, 5.74) is 0. The first-order chi connectivity index (χ1) is 10.6. The number of piperazine rings is 1. The summed E-state index contributed by atoms with van der Waals surface area (Å²) in [5, 5.41) is 0. The van der Waals surface area contributed by atoms with Crippen molar-refractivity contribution in [1.82, 2.24) is 9.80 Å². The molecule has 0 unspecified atom stereocenters. The van der Waals surface area contributed by atoms with Gasteiger partial charge >= 0.3 is 0 Å². The van der Waals surface area contributed by atoms with Crippen LogP contribution in [0.4, 0.5) is 0 Å². The summed E-state index contributed by atoms with van der Waals surface area (Å²) in [6.07, 6.45) is 3.89. The molecule has 1 aliphatic heterocycles. The lowest BCUT2D eigenvalue weighted by molar-refractivity contribution is -0.158. The molecule has 3 rings (SSSR count). The molecule has 1 fully saturated rings. The highest BCUT2D eigenvalue weighted by Gasteiger charge is 2.43. The number of carbonyl (C=O) groups excluding carboxylic acids is 2. The van der Waals surface area contributed by atoms with E-state index in [-0.39, 0.29) is 11.8 Å². The molecule has 2 atom stereocenters. The molecule has 6 heteroatoms. The topological polar surface area (TPSA) is 66.9 Å². The van der Waals surface area contributed by atoms with Crippen molar-refractivity contribution in [3.8, 4) is 0 Å².